The predicted octanol–water partition coefficient (Wildman–Crippen LogP) is 1.27. The summed E-state index contributed by atoms with van der Waals surface area (Å²) in [7, 11) is 1.19. The van der Waals surface area contributed by atoms with Crippen LogP contribution in [0.15, 0.2) is 18.2 Å². The molecule has 0 radical (unpaired) electrons. The number of esters is 1. The molecule has 0 aliphatic heterocycles. The van der Waals surface area contributed by atoms with Gasteiger partial charge in [0.1, 0.15) is 11.9 Å². The molecule has 0 heterocycles. The van der Waals surface area contributed by atoms with Crippen LogP contribution in [0.25, 0.3) is 0 Å². The maximum atomic E-state index is 13.0. The lowest BCUT2D eigenvalue weighted by Gasteiger charge is -2.15. The summed E-state index contributed by atoms with van der Waals surface area (Å²) < 4.78 is 17.4. The Balaban J connectivity index is 2.76. The minimum absolute atomic E-state index is 0.0893. The third-order valence-electron chi connectivity index (χ3n) is 2.90. The monoisotopic (exact) mass is 297 g/mol. The molecule has 0 aromatic heterocycles. The van der Waals surface area contributed by atoms with Crippen LogP contribution >= 0.6 is 0 Å². The topological polar surface area (TPSA) is 92.7 Å². The third-order valence-corrected chi connectivity index (χ3v) is 2.90. The van der Waals surface area contributed by atoms with E-state index in [1.54, 1.807) is 6.92 Å². The van der Waals surface area contributed by atoms with Crippen LogP contribution < -0.4 is 5.32 Å². The van der Waals surface area contributed by atoms with Crippen LogP contribution in [0.5, 0.6) is 0 Å². The first-order valence-corrected chi connectivity index (χ1v) is 6.21. The number of aliphatic carboxylic acids is 1. The van der Waals surface area contributed by atoms with Gasteiger partial charge in [-0.05, 0) is 37.1 Å². The van der Waals surface area contributed by atoms with Gasteiger partial charge in [0.25, 0.3) is 5.91 Å². The molecular weight excluding hydrogens is 281 g/mol. The van der Waals surface area contributed by atoms with Crippen LogP contribution in [0.3, 0.4) is 0 Å². The summed E-state index contributed by atoms with van der Waals surface area (Å²) in [6.07, 6.45) is -0.218. The van der Waals surface area contributed by atoms with Crippen molar-refractivity contribution in [3.05, 3.63) is 35.1 Å². The van der Waals surface area contributed by atoms with Crippen LogP contribution in [-0.2, 0) is 14.3 Å². The number of hydrogen-bond donors (Lipinski definition) is 2. The normalized spacial score (nSPS) is 11.6. The number of carbonyl (C=O) groups is 3. The Hall–Kier alpha value is -2.44. The zero-order valence-corrected chi connectivity index (χ0v) is 11.7. The lowest BCUT2D eigenvalue weighted by Crippen LogP contribution is -2.41. The maximum Gasteiger partial charge on any atom is 0.326 e. The number of halogens is 1. The average molecular weight is 297 g/mol. The molecule has 0 unspecified atom stereocenters. The number of hydrogen-bond acceptors (Lipinski definition) is 4. The number of carbonyl (C=O) groups excluding carboxylic acids is 2. The summed E-state index contributed by atoms with van der Waals surface area (Å²) in [6.45, 7) is 1.54. The molecule has 1 amide bonds. The molecule has 0 saturated heterocycles. The minimum Gasteiger partial charge on any atom is -0.480 e. The van der Waals surface area contributed by atoms with E-state index in [1.807, 2.05) is 0 Å². The number of benzene rings is 1. The van der Waals surface area contributed by atoms with E-state index < -0.39 is 29.7 Å². The zero-order chi connectivity index (χ0) is 16.0. The highest BCUT2D eigenvalue weighted by molar-refractivity contribution is 5.97. The first-order chi connectivity index (χ1) is 9.85. The number of carboxylic acids is 1. The number of nitrogens with one attached hydrogen (secondary N) is 1. The average Bonchev–Trinajstić information content (AvgIpc) is 2.42. The van der Waals surface area contributed by atoms with Crippen molar-refractivity contribution in [2.75, 3.05) is 7.11 Å². The van der Waals surface area contributed by atoms with Crippen molar-refractivity contribution in [3.8, 4) is 0 Å². The van der Waals surface area contributed by atoms with Gasteiger partial charge in [0.05, 0.1) is 7.11 Å². The van der Waals surface area contributed by atoms with Crippen molar-refractivity contribution in [2.45, 2.75) is 25.8 Å². The highest BCUT2D eigenvalue weighted by atomic mass is 19.1. The number of methoxy groups -OCH3 is 1. The van der Waals surface area contributed by atoms with Gasteiger partial charge in [-0.2, -0.15) is 0 Å². The van der Waals surface area contributed by atoms with Crippen molar-refractivity contribution >= 4 is 17.8 Å². The highest BCUT2D eigenvalue weighted by Gasteiger charge is 2.22. The fourth-order valence-electron chi connectivity index (χ4n) is 1.74. The lowest BCUT2D eigenvalue weighted by molar-refractivity contribution is -0.142. The summed E-state index contributed by atoms with van der Waals surface area (Å²) in [5.41, 5.74) is 0.574. The molecule has 0 aliphatic carbocycles. The molecule has 0 fully saturated rings. The summed E-state index contributed by atoms with van der Waals surface area (Å²) >= 11 is 0. The summed E-state index contributed by atoms with van der Waals surface area (Å²) in [6, 6.07) is 2.35. The molecule has 1 rings (SSSR count). The second-order valence-corrected chi connectivity index (χ2v) is 4.44. The Morgan fingerprint density at radius 2 is 2.05 bits per heavy atom. The second-order valence-electron chi connectivity index (χ2n) is 4.44. The Bertz CT molecular complexity index is 558. The summed E-state index contributed by atoms with van der Waals surface area (Å²) in [5.74, 6) is -2.94. The van der Waals surface area contributed by atoms with Crippen molar-refractivity contribution < 1.29 is 28.6 Å². The molecule has 0 bridgehead atoms. The van der Waals surface area contributed by atoms with Crippen LogP contribution in [0, 0.1) is 12.7 Å². The minimum atomic E-state index is -1.26. The van der Waals surface area contributed by atoms with Crippen LogP contribution in [-0.4, -0.2) is 36.1 Å². The molecule has 1 atom stereocenters. The van der Waals surface area contributed by atoms with Gasteiger partial charge in [-0.3, -0.25) is 9.59 Å². The number of amides is 1. The smallest absolute Gasteiger partial charge is 0.326 e. The number of aryl methyl sites for hydroxylation is 1. The lowest BCUT2D eigenvalue weighted by atomic mass is 10.1. The van der Waals surface area contributed by atoms with Crippen molar-refractivity contribution in [1.82, 2.24) is 5.32 Å². The van der Waals surface area contributed by atoms with Crippen molar-refractivity contribution in [3.63, 3.8) is 0 Å². The van der Waals surface area contributed by atoms with Crippen LogP contribution in [0.4, 0.5) is 4.39 Å². The van der Waals surface area contributed by atoms with Crippen molar-refractivity contribution in [2.24, 2.45) is 0 Å². The highest BCUT2D eigenvalue weighted by Crippen LogP contribution is 2.11. The standard InChI is InChI=1S/C14H16FNO5/c1-8-7-9(15)3-4-10(8)13(18)16-11(14(19)20)5-6-12(17)21-2/h3-4,7,11H,5-6H2,1-2H3,(H,16,18)(H,19,20)/t11-/m0/s1. The quantitative estimate of drug-likeness (QED) is 0.771. The summed E-state index contributed by atoms with van der Waals surface area (Å²) in [4.78, 5) is 34.1. The molecule has 0 saturated carbocycles. The van der Waals surface area contributed by atoms with E-state index in [0.29, 0.717) is 5.56 Å². The first-order valence-electron chi connectivity index (χ1n) is 6.21. The zero-order valence-electron chi connectivity index (χ0n) is 11.7. The van der Waals surface area contributed by atoms with Gasteiger partial charge >= 0.3 is 11.9 Å². The molecule has 1 aromatic carbocycles. The molecule has 0 spiro atoms. The molecule has 0 aliphatic rings. The van der Waals surface area contributed by atoms with E-state index in [0.717, 1.165) is 6.07 Å². The van der Waals surface area contributed by atoms with Gasteiger partial charge in [-0.1, -0.05) is 0 Å². The largest absolute Gasteiger partial charge is 0.480 e. The van der Waals surface area contributed by atoms with Gasteiger partial charge in [0.15, 0.2) is 0 Å². The molecular formula is C14H16FNO5. The fraction of sp³-hybridized carbons (Fsp3) is 0.357. The Morgan fingerprint density at radius 1 is 1.38 bits per heavy atom. The van der Waals surface area contributed by atoms with E-state index in [-0.39, 0.29) is 18.4 Å². The second kappa shape index (κ2) is 7.37. The van der Waals surface area contributed by atoms with E-state index in [4.69, 9.17) is 5.11 Å². The molecule has 6 nitrogen and oxygen atoms in total. The molecule has 114 valence electrons. The number of rotatable bonds is 6. The van der Waals surface area contributed by atoms with E-state index in [2.05, 4.69) is 10.1 Å². The van der Waals surface area contributed by atoms with Gasteiger partial charge in [-0.25, -0.2) is 9.18 Å². The number of carboxylic acid groups (broad SMARTS) is 1. The predicted molar refractivity (Wildman–Crippen MR) is 71.3 cm³/mol. The van der Waals surface area contributed by atoms with Gasteiger partial charge in [0, 0.05) is 12.0 Å². The number of ether oxygens (including phenoxy) is 1. The van der Waals surface area contributed by atoms with Crippen LogP contribution in [0.2, 0.25) is 0 Å². The maximum absolute atomic E-state index is 13.0. The van der Waals surface area contributed by atoms with Gasteiger partial charge < -0.3 is 15.2 Å². The molecule has 21 heavy (non-hydrogen) atoms. The molecule has 1 aromatic rings. The van der Waals surface area contributed by atoms with Gasteiger partial charge in [-0.15, -0.1) is 0 Å². The van der Waals surface area contributed by atoms with Crippen molar-refractivity contribution in [1.29, 1.82) is 0 Å². The fourth-order valence-corrected chi connectivity index (χ4v) is 1.74. The van der Waals surface area contributed by atoms with Gasteiger partial charge in [0.2, 0.25) is 0 Å². The van der Waals surface area contributed by atoms with E-state index in [9.17, 15) is 18.8 Å². The Kier molecular flexibility index (Phi) is 5.83. The summed E-state index contributed by atoms with van der Waals surface area (Å²) in [5, 5.41) is 11.3. The Labute approximate surface area is 120 Å². The SMILES string of the molecule is COC(=O)CC[C@H](NC(=O)c1ccc(F)cc1C)C(=O)O. The van der Waals surface area contributed by atoms with E-state index >= 15 is 0 Å². The molecule has 2 N–H and O–H groups in total. The van der Waals surface area contributed by atoms with E-state index in [1.165, 1.54) is 19.2 Å². The Morgan fingerprint density at radius 3 is 2.57 bits per heavy atom. The molecule has 7 heteroatoms. The third kappa shape index (κ3) is 4.87. The van der Waals surface area contributed by atoms with Crippen LogP contribution in [0.1, 0.15) is 28.8 Å². The first kappa shape index (κ1) is 16.6.